The van der Waals surface area contributed by atoms with Crippen molar-refractivity contribution < 1.29 is 34.1 Å². The van der Waals surface area contributed by atoms with Gasteiger partial charge in [0.15, 0.2) is 23.8 Å². The van der Waals surface area contributed by atoms with E-state index in [9.17, 15) is 24.6 Å². The van der Waals surface area contributed by atoms with Gasteiger partial charge in [-0.05, 0) is 29.7 Å². The number of anilines is 1. The van der Waals surface area contributed by atoms with Crippen molar-refractivity contribution in [3.63, 3.8) is 0 Å². The van der Waals surface area contributed by atoms with E-state index in [1.54, 1.807) is 24.3 Å². The molecular formula is C29H32N8O7. The molecular weight excluding hydrogens is 572 g/mol. The lowest BCUT2D eigenvalue weighted by atomic mass is 10.0. The number of hydrogen-bond donors (Lipinski definition) is 6. The molecule has 2 aromatic heterocycles. The van der Waals surface area contributed by atoms with Crippen LogP contribution in [0.5, 0.6) is 5.75 Å². The molecule has 3 heterocycles. The summed E-state index contributed by atoms with van der Waals surface area (Å²) >= 11 is 0. The minimum Gasteiger partial charge on any atom is -0.497 e. The lowest BCUT2D eigenvalue weighted by molar-refractivity contribution is -0.152. The van der Waals surface area contributed by atoms with Crippen LogP contribution in [0.1, 0.15) is 17.4 Å². The maximum absolute atomic E-state index is 13.7. The van der Waals surface area contributed by atoms with Gasteiger partial charge in [-0.3, -0.25) is 14.2 Å². The highest BCUT2D eigenvalue weighted by atomic mass is 16.6. The van der Waals surface area contributed by atoms with Crippen molar-refractivity contribution >= 4 is 34.8 Å². The molecule has 8 N–H and O–H groups in total. The van der Waals surface area contributed by atoms with E-state index in [0.717, 1.165) is 5.56 Å². The number of nitrogens with zero attached hydrogens (tertiary/aromatic N) is 4. The average molecular weight is 605 g/mol. The van der Waals surface area contributed by atoms with E-state index in [1.165, 1.54) is 24.3 Å². The van der Waals surface area contributed by atoms with Crippen molar-refractivity contribution in [2.24, 2.45) is 5.73 Å². The molecule has 5 rings (SSSR count). The Morgan fingerprint density at radius 2 is 1.73 bits per heavy atom. The highest BCUT2D eigenvalue weighted by molar-refractivity contribution is 5.90. The molecule has 1 aliphatic heterocycles. The minimum atomic E-state index is -1.65. The van der Waals surface area contributed by atoms with Gasteiger partial charge in [0.25, 0.3) is 0 Å². The summed E-state index contributed by atoms with van der Waals surface area (Å²) < 4.78 is 12.2. The molecule has 44 heavy (non-hydrogen) atoms. The Balaban J connectivity index is 1.37. The number of nitrogen functional groups attached to an aromatic ring is 1. The number of rotatable bonds is 11. The van der Waals surface area contributed by atoms with Gasteiger partial charge in [-0.1, -0.05) is 42.5 Å². The summed E-state index contributed by atoms with van der Waals surface area (Å²) in [5.74, 6) is -2.06. The number of hydrogen-bond acceptors (Lipinski definition) is 11. The number of nitrogens with two attached hydrogens (primary N) is 2. The van der Waals surface area contributed by atoms with Crippen LogP contribution >= 0.6 is 0 Å². The summed E-state index contributed by atoms with van der Waals surface area (Å²) in [5, 5.41) is 26.4. The Bertz CT molecular complexity index is 1630. The molecule has 230 valence electrons. The first-order valence-electron chi connectivity index (χ1n) is 13.7. The third-order valence-corrected chi connectivity index (χ3v) is 7.35. The van der Waals surface area contributed by atoms with Gasteiger partial charge >= 0.3 is 5.97 Å². The number of carboxylic acid groups (broad SMARTS) is 1. The van der Waals surface area contributed by atoms with Crippen molar-refractivity contribution in [2.75, 3.05) is 12.8 Å². The second kappa shape index (κ2) is 13.0. The average Bonchev–Trinajstić information content (AvgIpc) is 3.59. The van der Waals surface area contributed by atoms with E-state index >= 15 is 0 Å². The summed E-state index contributed by atoms with van der Waals surface area (Å²) in [6.45, 7) is 0. The quantitative estimate of drug-likeness (QED) is 0.128. The van der Waals surface area contributed by atoms with E-state index in [2.05, 4.69) is 25.6 Å². The molecule has 0 bridgehead atoms. The largest absolute Gasteiger partial charge is 0.497 e. The van der Waals surface area contributed by atoms with Gasteiger partial charge in [0.2, 0.25) is 11.8 Å². The lowest BCUT2D eigenvalue weighted by Gasteiger charge is -2.25. The fourth-order valence-electron chi connectivity index (χ4n) is 5.04. The monoisotopic (exact) mass is 604 g/mol. The van der Waals surface area contributed by atoms with Gasteiger partial charge in [0.1, 0.15) is 29.7 Å². The van der Waals surface area contributed by atoms with Crippen LogP contribution in [0.25, 0.3) is 11.2 Å². The number of nitrogens with one attached hydrogen (secondary N) is 2. The lowest BCUT2D eigenvalue weighted by Crippen LogP contribution is -2.58. The first kappa shape index (κ1) is 30.3. The summed E-state index contributed by atoms with van der Waals surface area (Å²) in [5.41, 5.74) is 14.0. The molecule has 2 amide bonds. The molecule has 1 saturated heterocycles. The topological polar surface area (TPSA) is 230 Å². The number of carboxylic acids is 1. The Morgan fingerprint density at radius 1 is 1.02 bits per heavy atom. The van der Waals surface area contributed by atoms with Crippen molar-refractivity contribution in [1.82, 2.24) is 30.2 Å². The highest BCUT2D eigenvalue weighted by Gasteiger charge is 2.50. The zero-order valence-electron chi connectivity index (χ0n) is 23.6. The SMILES string of the molecule is COc1ccc(C[C@H](NC(=O)[C@H](N)Cc2ccccc2)C(=O)N[C@H]2[C@@H](O)[C@H](n3cnc4c(N)ncnc43)O[C@@H]2C(=O)O)cc1. The molecule has 6 atom stereocenters. The van der Waals surface area contributed by atoms with E-state index in [4.69, 9.17) is 20.9 Å². The maximum Gasteiger partial charge on any atom is 0.335 e. The smallest absolute Gasteiger partial charge is 0.335 e. The van der Waals surface area contributed by atoms with Crippen LogP contribution in [-0.2, 0) is 32.0 Å². The van der Waals surface area contributed by atoms with E-state index in [-0.39, 0.29) is 29.8 Å². The Labute approximate surface area is 251 Å². The third-order valence-electron chi connectivity index (χ3n) is 7.35. The van der Waals surface area contributed by atoms with E-state index < -0.39 is 54.3 Å². The van der Waals surface area contributed by atoms with E-state index in [0.29, 0.717) is 11.3 Å². The van der Waals surface area contributed by atoms with E-state index in [1.807, 2.05) is 30.3 Å². The molecule has 0 spiro atoms. The first-order valence-corrected chi connectivity index (χ1v) is 13.7. The summed E-state index contributed by atoms with van der Waals surface area (Å²) in [6.07, 6.45) is -1.73. The van der Waals surface area contributed by atoms with Gasteiger partial charge in [0, 0.05) is 6.42 Å². The molecule has 0 saturated carbocycles. The van der Waals surface area contributed by atoms with Crippen molar-refractivity contribution in [3.05, 3.63) is 78.4 Å². The van der Waals surface area contributed by atoms with Crippen LogP contribution in [0.4, 0.5) is 5.82 Å². The van der Waals surface area contributed by atoms with Gasteiger partial charge in [0.05, 0.1) is 25.5 Å². The molecule has 4 aromatic rings. The number of aliphatic hydroxyl groups excluding tert-OH is 1. The fraction of sp³-hybridized carbons (Fsp3) is 0.310. The first-order chi connectivity index (χ1) is 21.2. The van der Waals surface area contributed by atoms with Crippen molar-refractivity contribution in [2.45, 2.75) is 49.4 Å². The molecule has 15 heteroatoms. The normalized spacial score (nSPS) is 21.0. The summed E-state index contributed by atoms with van der Waals surface area (Å²) in [7, 11) is 1.52. The number of methoxy groups -OCH3 is 1. The number of ether oxygens (including phenoxy) is 2. The second-order valence-corrected chi connectivity index (χ2v) is 10.3. The number of aliphatic carboxylic acids is 1. The van der Waals surface area contributed by atoms with Gasteiger partial charge in [-0.2, -0.15) is 0 Å². The minimum absolute atomic E-state index is 0.0345. The highest BCUT2D eigenvalue weighted by Crippen LogP contribution is 2.32. The third kappa shape index (κ3) is 6.44. The van der Waals surface area contributed by atoms with Crippen molar-refractivity contribution in [1.29, 1.82) is 0 Å². The molecule has 0 radical (unpaired) electrons. The number of carbonyl (C=O) groups is 3. The molecule has 2 aromatic carbocycles. The van der Waals surface area contributed by atoms with Gasteiger partial charge in [-0.25, -0.2) is 19.7 Å². The van der Waals surface area contributed by atoms with Crippen LogP contribution in [0, 0.1) is 0 Å². The Morgan fingerprint density at radius 3 is 2.41 bits per heavy atom. The Kier molecular flexibility index (Phi) is 8.99. The number of imidazole rings is 1. The van der Waals surface area contributed by atoms with Gasteiger partial charge in [-0.15, -0.1) is 0 Å². The zero-order chi connectivity index (χ0) is 31.4. The molecule has 1 aliphatic rings. The van der Waals surface area contributed by atoms with Crippen molar-refractivity contribution in [3.8, 4) is 5.75 Å². The predicted octanol–water partition coefficient (Wildman–Crippen LogP) is -0.458. The Hall–Kier alpha value is -5.12. The molecule has 0 aliphatic carbocycles. The summed E-state index contributed by atoms with van der Waals surface area (Å²) in [6, 6.07) is 12.5. The number of amides is 2. The zero-order valence-corrected chi connectivity index (χ0v) is 23.6. The standard InChI is InChI=1S/C29H32N8O7/c1-43-17-9-7-16(8-10-17)12-19(35-26(39)18(30)11-15-5-3-2-4-6-15)27(40)36-20-22(38)28(44-23(20)29(41)42)37-14-34-21-24(31)32-13-33-25(21)37/h2-10,13-14,18-20,22-23,28,38H,11-12,30H2,1H3,(H,35,39)(H,36,40)(H,41,42)(H2,31,32,33)/t18-,19+,20+,22-,23+,28-/m1/s1. The van der Waals surface area contributed by atoms with Crippen LogP contribution in [0.2, 0.25) is 0 Å². The maximum atomic E-state index is 13.7. The van der Waals surface area contributed by atoms with Crippen LogP contribution in [0.3, 0.4) is 0 Å². The number of fused-ring (bicyclic) bond motifs is 1. The van der Waals surface area contributed by atoms with Crippen LogP contribution < -0.4 is 26.8 Å². The second-order valence-electron chi connectivity index (χ2n) is 10.3. The fourth-order valence-corrected chi connectivity index (χ4v) is 5.04. The van der Waals surface area contributed by atoms with Crippen LogP contribution in [-0.4, -0.2) is 85.0 Å². The predicted molar refractivity (Wildman–Crippen MR) is 156 cm³/mol. The summed E-state index contributed by atoms with van der Waals surface area (Å²) in [4.78, 5) is 51.2. The molecule has 1 fully saturated rings. The number of benzene rings is 2. The number of aliphatic hydroxyl groups is 1. The van der Waals surface area contributed by atoms with Crippen LogP contribution in [0.15, 0.2) is 67.3 Å². The molecule has 0 unspecified atom stereocenters. The van der Waals surface area contributed by atoms with Gasteiger partial charge < -0.3 is 41.8 Å². The molecule has 15 nitrogen and oxygen atoms in total. The number of aromatic nitrogens is 4. The number of carbonyl (C=O) groups excluding carboxylic acids is 2.